The van der Waals surface area contributed by atoms with E-state index in [1.807, 2.05) is 24.3 Å². The lowest BCUT2D eigenvalue weighted by Crippen LogP contribution is -2.04. The van der Waals surface area contributed by atoms with E-state index in [4.69, 9.17) is 4.74 Å². The number of rotatable bonds is 4. The average molecular weight is 293 g/mol. The van der Waals surface area contributed by atoms with E-state index in [9.17, 15) is 0 Å². The second-order valence-corrected chi connectivity index (χ2v) is 4.64. The summed E-state index contributed by atoms with van der Waals surface area (Å²) in [5, 5.41) is 0. The van der Waals surface area contributed by atoms with Gasteiger partial charge in [0.15, 0.2) is 0 Å². The van der Waals surface area contributed by atoms with E-state index in [1.165, 1.54) is 5.56 Å². The van der Waals surface area contributed by atoms with Gasteiger partial charge in [0.25, 0.3) is 0 Å². The van der Waals surface area contributed by atoms with Gasteiger partial charge in [0.2, 0.25) is 0 Å². The van der Waals surface area contributed by atoms with E-state index in [0.717, 1.165) is 16.0 Å². The molecule has 88 valence electrons. The Labute approximate surface area is 109 Å². The van der Waals surface area contributed by atoms with Crippen LogP contribution >= 0.6 is 15.9 Å². The first kappa shape index (κ1) is 12.0. The lowest BCUT2D eigenvalue weighted by atomic mass is 10.2. The van der Waals surface area contributed by atoms with Gasteiger partial charge >= 0.3 is 0 Å². The third-order valence-corrected chi connectivity index (χ3v) is 2.70. The Morgan fingerprint density at radius 3 is 2.41 bits per heavy atom. The van der Waals surface area contributed by atoms with Crippen LogP contribution in [0.15, 0.2) is 41.1 Å². The maximum absolute atomic E-state index is 5.60. The molecule has 2 rings (SSSR count). The Morgan fingerprint density at radius 1 is 1.12 bits per heavy atom. The number of halogens is 1. The molecule has 3 nitrogen and oxygen atoms in total. The molecule has 0 aliphatic rings. The molecule has 0 radical (unpaired) electrons. The molecule has 0 saturated carbocycles. The molecule has 0 saturated heterocycles. The van der Waals surface area contributed by atoms with Crippen LogP contribution in [0.2, 0.25) is 0 Å². The summed E-state index contributed by atoms with van der Waals surface area (Å²) >= 11 is 3.30. The molecule has 0 aliphatic heterocycles. The zero-order chi connectivity index (χ0) is 12.1. The molecule has 0 fully saturated rings. The van der Waals surface area contributed by atoms with Crippen molar-refractivity contribution in [2.24, 2.45) is 0 Å². The van der Waals surface area contributed by atoms with Gasteiger partial charge in [-0.05, 0) is 35.0 Å². The van der Waals surface area contributed by atoms with Crippen LogP contribution in [-0.4, -0.2) is 16.6 Å². The molecule has 0 unspecified atom stereocenters. The van der Waals surface area contributed by atoms with Crippen molar-refractivity contribution >= 4 is 15.9 Å². The molecule has 0 atom stereocenters. The van der Waals surface area contributed by atoms with Crippen LogP contribution < -0.4 is 4.74 Å². The van der Waals surface area contributed by atoms with E-state index in [-0.39, 0.29) is 0 Å². The van der Waals surface area contributed by atoms with Crippen molar-refractivity contribution in [1.82, 2.24) is 9.97 Å². The normalized spacial score (nSPS) is 10.2. The molecule has 0 amide bonds. The topological polar surface area (TPSA) is 35.0 Å². The number of aryl methyl sites for hydroxylation is 1. The zero-order valence-electron chi connectivity index (χ0n) is 9.56. The fraction of sp³-hybridized carbons (Fsp3) is 0.231. The Morgan fingerprint density at radius 2 is 1.76 bits per heavy atom. The summed E-state index contributed by atoms with van der Waals surface area (Å²) in [6, 6.07) is 8.01. The van der Waals surface area contributed by atoms with Gasteiger partial charge in [-0.2, -0.15) is 0 Å². The molecule has 1 heterocycles. The lowest BCUT2D eigenvalue weighted by molar-refractivity contribution is 0.319. The van der Waals surface area contributed by atoms with Crippen molar-refractivity contribution in [2.75, 3.05) is 6.61 Å². The largest absolute Gasteiger partial charge is 0.493 e. The van der Waals surface area contributed by atoms with Crippen LogP contribution in [0.5, 0.6) is 5.75 Å². The molecule has 0 bridgehead atoms. The van der Waals surface area contributed by atoms with Crippen molar-refractivity contribution in [1.29, 1.82) is 0 Å². The van der Waals surface area contributed by atoms with Crippen molar-refractivity contribution in [3.05, 3.63) is 52.5 Å². The average Bonchev–Trinajstić information content (AvgIpc) is 2.34. The standard InChI is InChI=1S/C13H13BrN2O/c1-10-2-4-12(5-3-10)17-7-6-13-15-8-11(14)9-16-13/h2-5,8-9H,6-7H2,1H3. The van der Waals surface area contributed by atoms with Gasteiger partial charge < -0.3 is 4.74 Å². The summed E-state index contributed by atoms with van der Waals surface area (Å²) < 4.78 is 6.49. The number of hydrogen-bond donors (Lipinski definition) is 0. The Hall–Kier alpha value is -1.42. The molecule has 0 spiro atoms. The smallest absolute Gasteiger partial charge is 0.131 e. The Bertz CT molecular complexity index is 422. The van der Waals surface area contributed by atoms with E-state index in [1.54, 1.807) is 12.4 Å². The van der Waals surface area contributed by atoms with Crippen molar-refractivity contribution in [2.45, 2.75) is 13.3 Å². The highest BCUT2D eigenvalue weighted by molar-refractivity contribution is 9.10. The van der Waals surface area contributed by atoms with Crippen LogP contribution in [0.4, 0.5) is 0 Å². The van der Waals surface area contributed by atoms with Gasteiger partial charge in [-0.25, -0.2) is 9.97 Å². The summed E-state index contributed by atoms with van der Waals surface area (Å²) in [6.45, 7) is 2.64. The highest BCUT2D eigenvalue weighted by Crippen LogP contribution is 2.11. The van der Waals surface area contributed by atoms with Crippen molar-refractivity contribution in [3.63, 3.8) is 0 Å². The highest BCUT2D eigenvalue weighted by atomic mass is 79.9. The lowest BCUT2D eigenvalue weighted by Gasteiger charge is -2.05. The maximum Gasteiger partial charge on any atom is 0.131 e. The summed E-state index contributed by atoms with van der Waals surface area (Å²) in [7, 11) is 0. The first-order chi connectivity index (χ1) is 8.24. The molecule has 0 N–H and O–H groups in total. The second kappa shape index (κ2) is 5.77. The first-order valence-electron chi connectivity index (χ1n) is 5.40. The van der Waals surface area contributed by atoms with Gasteiger partial charge in [-0.15, -0.1) is 0 Å². The number of benzene rings is 1. The minimum Gasteiger partial charge on any atom is -0.493 e. The fourth-order valence-electron chi connectivity index (χ4n) is 1.36. The molecule has 17 heavy (non-hydrogen) atoms. The fourth-order valence-corrected chi connectivity index (χ4v) is 1.57. The number of hydrogen-bond acceptors (Lipinski definition) is 3. The summed E-state index contributed by atoms with van der Waals surface area (Å²) in [5.41, 5.74) is 1.23. The highest BCUT2D eigenvalue weighted by Gasteiger charge is 1.98. The van der Waals surface area contributed by atoms with E-state index < -0.39 is 0 Å². The van der Waals surface area contributed by atoms with Crippen LogP contribution in [-0.2, 0) is 6.42 Å². The van der Waals surface area contributed by atoms with Crippen LogP contribution in [0.3, 0.4) is 0 Å². The van der Waals surface area contributed by atoms with Crippen LogP contribution in [0.25, 0.3) is 0 Å². The molecular weight excluding hydrogens is 280 g/mol. The van der Waals surface area contributed by atoms with Crippen LogP contribution in [0, 0.1) is 6.92 Å². The van der Waals surface area contributed by atoms with Gasteiger partial charge in [-0.1, -0.05) is 17.7 Å². The van der Waals surface area contributed by atoms with Crippen molar-refractivity contribution in [3.8, 4) is 5.75 Å². The van der Waals surface area contributed by atoms with Crippen molar-refractivity contribution < 1.29 is 4.74 Å². The number of ether oxygens (including phenoxy) is 1. The maximum atomic E-state index is 5.60. The zero-order valence-corrected chi connectivity index (χ0v) is 11.1. The van der Waals surface area contributed by atoms with Gasteiger partial charge in [0.1, 0.15) is 11.6 Å². The minimum atomic E-state index is 0.588. The molecule has 2 aromatic rings. The number of nitrogens with zero attached hydrogens (tertiary/aromatic N) is 2. The molecule has 1 aromatic heterocycles. The monoisotopic (exact) mass is 292 g/mol. The molecule has 1 aromatic carbocycles. The van der Waals surface area contributed by atoms with E-state index in [0.29, 0.717) is 13.0 Å². The van der Waals surface area contributed by atoms with E-state index >= 15 is 0 Å². The quantitative estimate of drug-likeness (QED) is 0.868. The molecular formula is C13H13BrN2O. The van der Waals surface area contributed by atoms with Gasteiger partial charge in [0, 0.05) is 18.8 Å². The van der Waals surface area contributed by atoms with Gasteiger partial charge in [0.05, 0.1) is 11.1 Å². The molecule has 0 aliphatic carbocycles. The minimum absolute atomic E-state index is 0.588. The summed E-state index contributed by atoms with van der Waals surface area (Å²) in [5.74, 6) is 1.67. The molecule has 4 heteroatoms. The predicted molar refractivity (Wildman–Crippen MR) is 70.1 cm³/mol. The van der Waals surface area contributed by atoms with Gasteiger partial charge in [-0.3, -0.25) is 0 Å². The van der Waals surface area contributed by atoms with Crippen LogP contribution in [0.1, 0.15) is 11.4 Å². The Kier molecular flexibility index (Phi) is 4.09. The predicted octanol–water partition coefficient (Wildman–Crippen LogP) is 3.17. The second-order valence-electron chi connectivity index (χ2n) is 3.73. The third-order valence-electron chi connectivity index (χ3n) is 2.29. The summed E-state index contributed by atoms with van der Waals surface area (Å²) in [4.78, 5) is 8.37. The number of aromatic nitrogens is 2. The Balaban J connectivity index is 1.83. The third kappa shape index (κ3) is 3.82. The summed E-state index contributed by atoms with van der Waals surface area (Å²) in [6.07, 6.45) is 4.20. The van der Waals surface area contributed by atoms with E-state index in [2.05, 4.69) is 32.8 Å². The SMILES string of the molecule is Cc1ccc(OCCc2ncc(Br)cn2)cc1. The first-order valence-corrected chi connectivity index (χ1v) is 6.19.